The Morgan fingerprint density at radius 2 is 2.08 bits per heavy atom. The van der Waals surface area contributed by atoms with Crippen molar-refractivity contribution in [2.24, 2.45) is 7.05 Å². The van der Waals surface area contributed by atoms with E-state index in [1.165, 1.54) is 10.9 Å². The third-order valence-electron chi connectivity index (χ3n) is 4.49. The van der Waals surface area contributed by atoms with Gasteiger partial charge in [0, 0.05) is 32.3 Å². The summed E-state index contributed by atoms with van der Waals surface area (Å²) in [6.45, 7) is 1.32. The van der Waals surface area contributed by atoms with Crippen LogP contribution >= 0.6 is 0 Å². The summed E-state index contributed by atoms with van der Waals surface area (Å²) in [5.41, 5.74) is 0.461. The summed E-state index contributed by atoms with van der Waals surface area (Å²) in [5, 5.41) is 0. The monoisotopic (exact) mass is 351 g/mol. The Labute approximate surface area is 140 Å². The number of hydrogen-bond acceptors (Lipinski definition) is 5. The summed E-state index contributed by atoms with van der Waals surface area (Å²) in [6, 6.07) is 0. The van der Waals surface area contributed by atoms with Crippen molar-refractivity contribution in [3.8, 4) is 0 Å². The number of piperidine rings is 1. The number of aromatic amines is 1. The van der Waals surface area contributed by atoms with Gasteiger partial charge in [-0.15, -0.1) is 0 Å². The van der Waals surface area contributed by atoms with Crippen LogP contribution in [0.15, 0.2) is 18.9 Å². The van der Waals surface area contributed by atoms with E-state index in [0.717, 1.165) is 36.9 Å². The fourth-order valence-electron chi connectivity index (χ4n) is 3.37. The smallest absolute Gasteiger partial charge is 0.354 e. The number of nitrogens with one attached hydrogen (secondary N) is 1. The number of aryl methyl sites for hydroxylation is 1. The molecule has 4 heterocycles. The molecule has 3 aromatic rings. The van der Waals surface area contributed by atoms with Crippen molar-refractivity contribution in [2.45, 2.75) is 24.9 Å². The lowest BCUT2D eigenvalue weighted by atomic mass is 9.97. The van der Waals surface area contributed by atoms with E-state index in [2.05, 4.69) is 29.8 Å². The van der Waals surface area contributed by atoms with Gasteiger partial charge in [0.1, 0.15) is 17.7 Å². The topological polar surface area (TPSA) is 75.5 Å². The Hall–Kier alpha value is -2.65. The molecule has 0 amide bonds. The molecular formula is C15H16F3N7. The summed E-state index contributed by atoms with van der Waals surface area (Å²) in [5.74, 6) is 1.08. The molecule has 132 valence electrons. The van der Waals surface area contributed by atoms with E-state index in [-0.39, 0.29) is 5.92 Å². The second-order valence-corrected chi connectivity index (χ2v) is 6.18. The number of alkyl halides is 3. The second-order valence-electron chi connectivity index (χ2n) is 6.18. The van der Waals surface area contributed by atoms with Gasteiger partial charge in [-0.3, -0.25) is 0 Å². The summed E-state index contributed by atoms with van der Waals surface area (Å²) in [6.07, 6.45) is 1.25. The molecule has 1 aliphatic rings. The molecule has 0 radical (unpaired) electrons. The van der Waals surface area contributed by atoms with Crippen LogP contribution in [0.3, 0.4) is 0 Å². The highest BCUT2D eigenvalue weighted by Crippen LogP contribution is 2.33. The van der Waals surface area contributed by atoms with Crippen molar-refractivity contribution in [2.75, 3.05) is 18.0 Å². The van der Waals surface area contributed by atoms with Crippen LogP contribution < -0.4 is 4.90 Å². The lowest BCUT2D eigenvalue weighted by molar-refractivity contribution is -0.141. The van der Waals surface area contributed by atoms with Crippen LogP contribution in [0.4, 0.5) is 19.0 Å². The van der Waals surface area contributed by atoms with E-state index in [4.69, 9.17) is 0 Å². The minimum atomic E-state index is -4.43. The lowest BCUT2D eigenvalue weighted by Gasteiger charge is -2.33. The van der Waals surface area contributed by atoms with Gasteiger partial charge in [-0.1, -0.05) is 0 Å². The first-order valence-corrected chi connectivity index (χ1v) is 7.93. The molecule has 0 unspecified atom stereocenters. The standard InChI is InChI=1S/C15H16F3N7/c1-24-6-10(15(16,17)18)23-13(24)9-3-2-4-25(5-9)14-11-12(20-7-19-11)21-8-22-14/h6-9H,2-5H2,1H3,(H,19,20,21,22)/t9-/m1/s1. The van der Waals surface area contributed by atoms with Crippen LogP contribution in [0.1, 0.15) is 30.3 Å². The SMILES string of the molecule is Cn1cc(C(F)(F)F)nc1[C@@H]1CCCN(c2ncnc3nc[nH]c23)C1. The Kier molecular flexibility index (Phi) is 3.62. The summed E-state index contributed by atoms with van der Waals surface area (Å²) >= 11 is 0. The molecule has 0 aliphatic carbocycles. The third kappa shape index (κ3) is 2.81. The van der Waals surface area contributed by atoms with Gasteiger partial charge in [0.05, 0.1) is 6.33 Å². The van der Waals surface area contributed by atoms with Crippen LogP contribution in [0, 0.1) is 0 Å². The fourth-order valence-corrected chi connectivity index (χ4v) is 3.37. The first kappa shape index (κ1) is 15.9. The van der Waals surface area contributed by atoms with Crippen LogP contribution in [-0.2, 0) is 13.2 Å². The Balaban J connectivity index is 1.64. The zero-order valence-corrected chi connectivity index (χ0v) is 13.5. The number of hydrogen-bond donors (Lipinski definition) is 1. The van der Waals surface area contributed by atoms with E-state index in [1.54, 1.807) is 13.4 Å². The van der Waals surface area contributed by atoms with Crippen LogP contribution in [0.2, 0.25) is 0 Å². The van der Waals surface area contributed by atoms with Crippen molar-refractivity contribution in [1.29, 1.82) is 0 Å². The van der Waals surface area contributed by atoms with Crippen molar-refractivity contribution < 1.29 is 13.2 Å². The first-order valence-electron chi connectivity index (χ1n) is 7.93. The number of rotatable bonds is 2. The number of fused-ring (bicyclic) bond motifs is 1. The number of halogens is 3. The third-order valence-corrected chi connectivity index (χ3v) is 4.49. The van der Waals surface area contributed by atoms with Crippen LogP contribution in [0.5, 0.6) is 0 Å². The Morgan fingerprint density at radius 3 is 2.84 bits per heavy atom. The Morgan fingerprint density at radius 1 is 1.24 bits per heavy atom. The first-order chi connectivity index (χ1) is 11.9. The highest BCUT2D eigenvalue weighted by atomic mass is 19.4. The number of aromatic nitrogens is 6. The summed E-state index contributed by atoms with van der Waals surface area (Å²) < 4.78 is 40.2. The molecule has 1 fully saturated rings. The molecular weight excluding hydrogens is 335 g/mol. The Bertz CT molecular complexity index is 898. The molecule has 1 aliphatic heterocycles. The largest absolute Gasteiger partial charge is 0.434 e. The maximum Gasteiger partial charge on any atom is 0.434 e. The normalized spacial score (nSPS) is 18.9. The molecule has 0 spiro atoms. The molecule has 4 rings (SSSR count). The number of anilines is 1. The molecule has 25 heavy (non-hydrogen) atoms. The molecule has 3 aromatic heterocycles. The minimum Gasteiger partial charge on any atom is -0.354 e. The summed E-state index contributed by atoms with van der Waals surface area (Å²) in [7, 11) is 1.61. The van der Waals surface area contributed by atoms with E-state index in [9.17, 15) is 13.2 Å². The predicted octanol–water partition coefficient (Wildman–Crippen LogP) is 2.49. The van der Waals surface area contributed by atoms with Crippen molar-refractivity contribution in [1.82, 2.24) is 29.5 Å². The van der Waals surface area contributed by atoms with Crippen molar-refractivity contribution >= 4 is 17.0 Å². The highest BCUT2D eigenvalue weighted by molar-refractivity contribution is 5.82. The van der Waals surface area contributed by atoms with E-state index < -0.39 is 11.9 Å². The van der Waals surface area contributed by atoms with Gasteiger partial charge in [-0.05, 0) is 12.8 Å². The van der Waals surface area contributed by atoms with Crippen molar-refractivity contribution in [3.05, 3.63) is 30.4 Å². The number of H-pyrrole nitrogens is 1. The molecule has 0 bridgehead atoms. The van der Waals surface area contributed by atoms with Crippen LogP contribution in [-0.4, -0.2) is 42.6 Å². The molecule has 1 saturated heterocycles. The van der Waals surface area contributed by atoms with E-state index >= 15 is 0 Å². The molecule has 0 saturated carbocycles. The van der Waals surface area contributed by atoms with Crippen molar-refractivity contribution in [3.63, 3.8) is 0 Å². The fraction of sp³-hybridized carbons (Fsp3) is 0.467. The average molecular weight is 351 g/mol. The van der Waals surface area contributed by atoms with Gasteiger partial charge in [0.25, 0.3) is 0 Å². The second kappa shape index (κ2) is 5.71. The molecule has 1 N–H and O–H groups in total. The zero-order valence-electron chi connectivity index (χ0n) is 13.5. The highest BCUT2D eigenvalue weighted by Gasteiger charge is 2.36. The maximum absolute atomic E-state index is 12.9. The summed E-state index contributed by atoms with van der Waals surface area (Å²) in [4.78, 5) is 21.5. The zero-order chi connectivity index (χ0) is 17.6. The number of imidazole rings is 2. The quantitative estimate of drug-likeness (QED) is 0.768. The molecule has 0 aromatic carbocycles. The van der Waals surface area contributed by atoms with Gasteiger partial charge in [-0.25, -0.2) is 19.9 Å². The molecule has 7 nitrogen and oxygen atoms in total. The van der Waals surface area contributed by atoms with E-state index in [0.29, 0.717) is 18.0 Å². The van der Waals surface area contributed by atoms with Gasteiger partial charge in [-0.2, -0.15) is 13.2 Å². The lowest BCUT2D eigenvalue weighted by Crippen LogP contribution is -2.36. The predicted molar refractivity (Wildman–Crippen MR) is 84.1 cm³/mol. The minimum absolute atomic E-state index is 0.0946. The van der Waals surface area contributed by atoms with Gasteiger partial charge in [0.15, 0.2) is 17.2 Å². The van der Waals surface area contributed by atoms with Gasteiger partial charge >= 0.3 is 6.18 Å². The molecule has 10 heteroatoms. The number of nitrogens with zero attached hydrogens (tertiary/aromatic N) is 6. The van der Waals surface area contributed by atoms with Gasteiger partial charge < -0.3 is 14.5 Å². The van der Waals surface area contributed by atoms with Crippen LogP contribution in [0.25, 0.3) is 11.2 Å². The van der Waals surface area contributed by atoms with Gasteiger partial charge in [0.2, 0.25) is 0 Å². The maximum atomic E-state index is 12.9. The van der Waals surface area contributed by atoms with E-state index in [1.807, 2.05) is 0 Å². The molecule has 1 atom stereocenters. The average Bonchev–Trinajstić information content (AvgIpc) is 3.20.